The first-order valence-electron chi connectivity index (χ1n) is 4.93. The van der Waals surface area contributed by atoms with Crippen molar-refractivity contribution in [3.8, 4) is 0 Å². The number of ether oxygens (including phenoxy) is 2. The second-order valence-electron chi connectivity index (χ2n) is 3.68. The van der Waals surface area contributed by atoms with Crippen LogP contribution in [0.15, 0.2) is 6.20 Å². The van der Waals surface area contributed by atoms with Gasteiger partial charge in [-0.3, -0.25) is 4.79 Å². The van der Waals surface area contributed by atoms with E-state index in [1.54, 1.807) is 6.20 Å². The van der Waals surface area contributed by atoms with Gasteiger partial charge < -0.3 is 14.5 Å². The van der Waals surface area contributed by atoms with Crippen LogP contribution in [0.2, 0.25) is 0 Å². The van der Waals surface area contributed by atoms with Gasteiger partial charge in [-0.1, -0.05) is 6.92 Å². The van der Waals surface area contributed by atoms with Crippen LogP contribution in [0, 0.1) is 0 Å². The third kappa shape index (κ3) is 1.43. The summed E-state index contributed by atoms with van der Waals surface area (Å²) < 4.78 is 9.87. The number of nitrogens with one attached hydrogen (secondary N) is 1. The molecule has 0 spiro atoms. The molecule has 0 unspecified atom stereocenters. The highest BCUT2D eigenvalue weighted by Gasteiger charge is 2.51. The van der Waals surface area contributed by atoms with Crippen molar-refractivity contribution in [1.29, 1.82) is 0 Å². The van der Waals surface area contributed by atoms with E-state index in [1.807, 2.05) is 6.92 Å². The van der Waals surface area contributed by atoms with Gasteiger partial charge in [-0.15, -0.1) is 0 Å². The quantitative estimate of drug-likeness (QED) is 0.734. The summed E-state index contributed by atoms with van der Waals surface area (Å²) in [5.41, 5.74) is 0.308. The summed E-state index contributed by atoms with van der Waals surface area (Å²) in [6.07, 6.45) is 2.61. The van der Waals surface area contributed by atoms with Crippen LogP contribution in [0.3, 0.4) is 0 Å². The Morgan fingerprint density at radius 2 is 2.47 bits per heavy atom. The lowest BCUT2D eigenvalue weighted by molar-refractivity contribution is -0.167. The van der Waals surface area contributed by atoms with Gasteiger partial charge in [0.05, 0.1) is 20.3 Å². The zero-order valence-electron chi connectivity index (χ0n) is 8.87. The topological polar surface area (TPSA) is 64.2 Å². The van der Waals surface area contributed by atoms with Crippen LogP contribution in [-0.2, 0) is 26.1 Å². The molecule has 0 amide bonds. The molecule has 1 aliphatic heterocycles. The van der Waals surface area contributed by atoms with Crippen molar-refractivity contribution in [3.05, 3.63) is 17.7 Å². The van der Waals surface area contributed by atoms with Gasteiger partial charge in [0.2, 0.25) is 0 Å². The molecule has 1 fully saturated rings. The summed E-state index contributed by atoms with van der Waals surface area (Å²) in [4.78, 5) is 19.0. The molecule has 15 heavy (non-hydrogen) atoms. The van der Waals surface area contributed by atoms with Crippen LogP contribution in [0.5, 0.6) is 0 Å². The highest BCUT2D eigenvalue weighted by Crippen LogP contribution is 2.31. The maximum atomic E-state index is 11.7. The lowest BCUT2D eigenvalue weighted by atomic mass is 9.85. The Bertz CT molecular complexity index is 368. The van der Waals surface area contributed by atoms with Crippen LogP contribution in [0.1, 0.15) is 18.4 Å². The van der Waals surface area contributed by atoms with Gasteiger partial charge in [-0.25, -0.2) is 4.98 Å². The highest BCUT2D eigenvalue weighted by atomic mass is 16.5. The Morgan fingerprint density at radius 1 is 1.73 bits per heavy atom. The van der Waals surface area contributed by atoms with Crippen LogP contribution < -0.4 is 0 Å². The number of nitrogens with zero attached hydrogens (tertiary/aromatic N) is 1. The van der Waals surface area contributed by atoms with Crippen molar-refractivity contribution in [2.45, 2.75) is 18.8 Å². The Balaban J connectivity index is 2.29. The first-order valence-corrected chi connectivity index (χ1v) is 4.93. The van der Waals surface area contributed by atoms with Gasteiger partial charge in [0.1, 0.15) is 5.82 Å². The number of aromatic amines is 1. The minimum absolute atomic E-state index is 0.286. The van der Waals surface area contributed by atoms with Crippen LogP contribution in [-0.4, -0.2) is 36.3 Å². The molecule has 2 heterocycles. The maximum Gasteiger partial charge on any atom is 0.324 e. The van der Waals surface area contributed by atoms with Crippen molar-refractivity contribution in [2.75, 3.05) is 20.3 Å². The van der Waals surface area contributed by atoms with Crippen LogP contribution in [0.25, 0.3) is 0 Å². The van der Waals surface area contributed by atoms with Gasteiger partial charge in [-0.2, -0.15) is 0 Å². The number of aryl methyl sites for hydroxylation is 1. The van der Waals surface area contributed by atoms with E-state index in [2.05, 4.69) is 9.97 Å². The molecule has 0 aromatic carbocycles. The largest absolute Gasteiger partial charge is 0.468 e. The molecule has 1 aromatic rings. The number of aromatic nitrogens is 2. The minimum Gasteiger partial charge on any atom is -0.468 e. The number of hydrogen-bond acceptors (Lipinski definition) is 4. The molecule has 0 bridgehead atoms. The molecule has 0 aliphatic carbocycles. The summed E-state index contributed by atoms with van der Waals surface area (Å²) in [6.45, 7) is 2.71. The number of H-pyrrole nitrogens is 1. The van der Waals surface area contributed by atoms with Crippen molar-refractivity contribution in [2.24, 2.45) is 0 Å². The zero-order chi connectivity index (χ0) is 10.9. The maximum absolute atomic E-state index is 11.7. The zero-order valence-corrected chi connectivity index (χ0v) is 8.87. The second-order valence-corrected chi connectivity index (χ2v) is 3.68. The minimum atomic E-state index is -0.706. The van der Waals surface area contributed by atoms with Crippen LogP contribution in [0.4, 0.5) is 0 Å². The standard InChI is InChI=1S/C10H14N2O3/c1-3-7-4-11-8(12-7)10(5-15-6-10)9(13)14-2/h4H,3,5-6H2,1-2H3,(H,11,12). The Morgan fingerprint density at radius 3 is 2.87 bits per heavy atom. The number of methoxy groups -OCH3 is 1. The van der Waals surface area contributed by atoms with Gasteiger partial charge >= 0.3 is 5.97 Å². The molecule has 82 valence electrons. The second kappa shape index (κ2) is 3.66. The normalized spacial score (nSPS) is 18.3. The SMILES string of the molecule is CCc1cnc(C2(C(=O)OC)COC2)[nH]1. The third-order valence-corrected chi connectivity index (χ3v) is 2.74. The summed E-state index contributed by atoms with van der Waals surface area (Å²) in [5.74, 6) is 0.364. The summed E-state index contributed by atoms with van der Waals surface area (Å²) >= 11 is 0. The van der Waals surface area contributed by atoms with Crippen molar-refractivity contribution in [3.63, 3.8) is 0 Å². The van der Waals surface area contributed by atoms with E-state index in [4.69, 9.17) is 9.47 Å². The lowest BCUT2D eigenvalue weighted by Crippen LogP contribution is -2.54. The summed E-state index contributed by atoms with van der Waals surface area (Å²) in [6, 6.07) is 0. The van der Waals surface area contributed by atoms with E-state index < -0.39 is 5.41 Å². The molecule has 5 nitrogen and oxygen atoms in total. The van der Waals surface area contributed by atoms with Gasteiger partial charge in [0.15, 0.2) is 5.41 Å². The fourth-order valence-electron chi connectivity index (χ4n) is 1.63. The molecule has 5 heteroatoms. The fourth-order valence-corrected chi connectivity index (χ4v) is 1.63. The molecule has 1 aliphatic rings. The predicted octanol–water partition coefficient (Wildman–Crippen LogP) is 0.413. The van der Waals surface area contributed by atoms with Gasteiger partial charge in [-0.05, 0) is 6.42 Å². The summed E-state index contributed by atoms with van der Waals surface area (Å²) in [7, 11) is 1.38. The molecular weight excluding hydrogens is 196 g/mol. The van der Waals surface area contributed by atoms with Crippen molar-refractivity contribution < 1.29 is 14.3 Å². The molecule has 1 saturated heterocycles. The van der Waals surface area contributed by atoms with E-state index in [9.17, 15) is 4.79 Å². The van der Waals surface area contributed by atoms with Crippen molar-refractivity contribution >= 4 is 5.97 Å². The van der Waals surface area contributed by atoms with E-state index >= 15 is 0 Å². The average molecular weight is 210 g/mol. The van der Waals surface area contributed by atoms with Crippen molar-refractivity contribution in [1.82, 2.24) is 9.97 Å². The van der Waals surface area contributed by atoms with E-state index in [0.717, 1.165) is 12.1 Å². The van der Waals surface area contributed by atoms with Crippen LogP contribution >= 0.6 is 0 Å². The first kappa shape index (κ1) is 10.2. The molecule has 2 rings (SSSR count). The Kier molecular flexibility index (Phi) is 2.48. The Labute approximate surface area is 87.8 Å². The molecular formula is C10H14N2O3. The monoisotopic (exact) mass is 210 g/mol. The average Bonchev–Trinajstić information content (AvgIpc) is 2.64. The molecule has 0 saturated carbocycles. The summed E-state index contributed by atoms with van der Waals surface area (Å²) in [5, 5.41) is 0. The van der Waals surface area contributed by atoms with E-state index in [-0.39, 0.29) is 5.97 Å². The Hall–Kier alpha value is -1.36. The fraction of sp³-hybridized carbons (Fsp3) is 0.600. The number of hydrogen-bond donors (Lipinski definition) is 1. The number of esters is 1. The predicted molar refractivity (Wildman–Crippen MR) is 52.5 cm³/mol. The van der Waals surface area contributed by atoms with Gasteiger partial charge in [0, 0.05) is 11.9 Å². The number of carbonyl (C=O) groups is 1. The van der Waals surface area contributed by atoms with Gasteiger partial charge in [0.25, 0.3) is 0 Å². The molecule has 0 atom stereocenters. The van der Waals surface area contributed by atoms with E-state index in [0.29, 0.717) is 19.0 Å². The molecule has 1 N–H and O–H groups in total. The first-order chi connectivity index (χ1) is 7.23. The third-order valence-electron chi connectivity index (χ3n) is 2.74. The highest BCUT2D eigenvalue weighted by molar-refractivity contribution is 5.83. The number of carbonyl (C=O) groups excluding carboxylic acids is 1. The molecule has 1 aromatic heterocycles. The lowest BCUT2D eigenvalue weighted by Gasteiger charge is -2.36. The molecule has 0 radical (unpaired) electrons. The van der Waals surface area contributed by atoms with E-state index in [1.165, 1.54) is 7.11 Å². The smallest absolute Gasteiger partial charge is 0.324 e. The number of rotatable bonds is 3. The number of imidazole rings is 1.